The van der Waals surface area contributed by atoms with E-state index in [4.69, 9.17) is 11.6 Å². The lowest BCUT2D eigenvalue weighted by Gasteiger charge is -2.10. The van der Waals surface area contributed by atoms with Crippen molar-refractivity contribution in [2.45, 2.75) is 0 Å². The van der Waals surface area contributed by atoms with Gasteiger partial charge in [0.25, 0.3) is 0 Å². The Balaban J connectivity index is 1.98. The Bertz CT molecular complexity index is 1090. The summed E-state index contributed by atoms with van der Waals surface area (Å²) in [5, 5.41) is 18.0. The summed E-state index contributed by atoms with van der Waals surface area (Å²) in [7, 11) is 0. The molecule has 0 radical (unpaired) electrons. The van der Waals surface area contributed by atoms with Gasteiger partial charge in [-0.25, -0.2) is 14.3 Å². The number of rotatable bonds is 3. The molecular formula is C16H10ClN5O2. The minimum absolute atomic E-state index is 0.0231. The zero-order chi connectivity index (χ0) is 16.7. The van der Waals surface area contributed by atoms with Gasteiger partial charge in [-0.05, 0) is 24.3 Å². The molecule has 3 heterocycles. The van der Waals surface area contributed by atoms with E-state index in [0.29, 0.717) is 16.4 Å². The number of anilines is 2. The summed E-state index contributed by atoms with van der Waals surface area (Å²) < 4.78 is 1.47. The lowest BCUT2D eigenvalue weighted by Crippen LogP contribution is -2.03. The molecular weight excluding hydrogens is 330 g/mol. The third-order valence-electron chi connectivity index (χ3n) is 3.56. The van der Waals surface area contributed by atoms with Crippen LogP contribution < -0.4 is 5.32 Å². The monoisotopic (exact) mass is 339 g/mol. The van der Waals surface area contributed by atoms with E-state index in [9.17, 15) is 9.90 Å². The summed E-state index contributed by atoms with van der Waals surface area (Å²) in [6.45, 7) is 0. The second-order valence-corrected chi connectivity index (χ2v) is 5.52. The maximum absolute atomic E-state index is 11.4. The Morgan fingerprint density at radius 1 is 1.25 bits per heavy atom. The zero-order valence-electron chi connectivity index (χ0n) is 12.1. The molecule has 0 atom stereocenters. The summed E-state index contributed by atoms with van der Waals surface area (Å²) in [6, 6.07) is 8.98. The average molecular weight is 340 g/mol. The minimum atomic E-state index is -1.09. The highest BCUT2D eigenvalue weighted by Crippen LogP contribution is 2.27. The first-order valence-corrected chi connectivity index (χ1v) is 7.38. The molecule has 8 heteroatoms. The summed E-state index contributed by atoms with van der Waals surface area (Å²) in [6.07, 6.45) is 4.53. The van der Waals surface area contributed by atoms with E-state index in [1.54, 1.807) is 30.6 Å². The number of aromatic nitrogens is 4. The van der Waals surface area contributed by atoms with Crippen LogP contribution in [0, 0.1) is 0 Å². The largest absolute Gasteiger partial charge is 0.477 e. The van der Waals surface area contributed by atoms with E-state index < -0.39 is 5.97 Å². The number of hydrogen-bond acceptors (Lipinski definition) is 5. The molecule has 0 amide bonds. The second kappa shape index (κ2) is 5.47. The van der Waals surface area contributed by atoms with Crippen LogP contribution in [0.1, 0.15) is 10.4 Å². The number of nitrogens with zero attached hydrogens (tertiary/aromatic N) is 4. The Morgan fingerprint density at radius 2 is 2.12 bits per heavy atom. The fourth-order valence-corrected chi connectivity index (χ4v) is 2.69. The Hall–Kier alpha value is -3.19. The minimum Gasteiger partial charge on any atom is -0.477 e. The van der Waals surface area contributed by atoms with Crippen LogP contribution in [0.5, 0.6) is 0 Å². The van der Waals surface area contributed by atoms with Crippen LogP contribution in [-0.2, 0) is 0 Å². The van der Waals surface area contributed by atoms with E-state index in [0.717, 1.165) is 11.1 Å². The van der Waals surface area contributed by atoms with Gasteiger partial charge in [0.15, 0.2) is 5.65 Å². The molecule has 118 valence electrons. The van der Waals surface area contributed by atoms with Crippen molar-refractivity contribution in [3.05, 3.63) is 59.5 Å². The first kappa shape index (κ1) is 14.4. The first-order valence-electron chi connectivity index (χ1n) is 7.01. The van der Waals surface area contributed by atoms with Gasteiger partial charge in [0.1, 0.15) is 11.4 Å². The van der Waals surface area contributed by atoms with E-state index in [2.05, 4.69) is 20.4 Å². The molecule has 4 rings (SSSR count). The predicted molar refractivity (Wildman–Crippen MR) is 90.0 cm³/mol. The fraction of sp³-hybridized carbons (Fsp3) is 0. The number of carboxylic acid groups (broad SMARTS) is 1. The van der Waals surface area contributed by atoms with Crippen LogP contribution in [0.25, 0.3) is 16.6 Å². The lowest BCUT2D eigenvalue weighted by atomic mass is 10.2. The molecule has 3 aromatic heterocycles. The summed E-state index contributed by atoms with van der Waals surface area (Å²) in [4.78, 5) is 19.9. The molecule has 7 nitrogen and oxygen atoms in total. The van der Waals surface area contributed by atoms with E-state index >= 15 is 0 Å². The van der Waals surface area contributed by atoms with Crippen LogP contribution in [-0.4, -0.2) is 30.7 Å². The van der Waals surface area contributed by atoms with Gasteiger partial charge in [0.05, 0.1) is 17.9 Å². The molecule has 0 spiro atoms. The van der Waals surface area contributed by atoms with Gasteiger partial charge in [-0.3, -0.25) is 4.98 Å². The van der Waals surface area contributed by atoms with Crippen molar-refractivity contribution in [1.82, 2.24) is 19.6 Å². The molecule has 0 unspecified atom stereocenters. The van der Waals surface area contributed by atoms with Crippen LogP contribution in [0.3, 0.4) is 0 Å². The molecule has 2 N–H and O–H groups in total. The van der Waals surface area contributed by atoms with Crippen molar-refractivity contribution in [3.63, 3.8) is 0 Å². The van der Waals surface area contributed by atoms with E-state index in [-0.39, 0.29) is 11.2 Å². The normalized spacial score (nSPS) is 11.0. The molecule has 0 aliphatic heterocycles. The first-order chi connectivity index (χ1) is 11.6. The number of aromatic carboxylic acids is 1. The second-order valence-electron chi connectivity index (χ2n) is 5.09. The third kappa shape index (κ3) is 2.31. The smallest absolute Gasteiger partial charge is 0.341 e. The molecule has 1 aromatic carbocycles. The SMILES string of the molecule is O=C(O)c1cnn2c1nc(Nc1cccc(Cl)c1)c1ccncc12. The van der Waals surface area contributed by atoms with Crippen molar-refractivity contribution in [2.24, 2.45) is 0 Å². The molecule has 0 aliphatic rings. The number of pyridine rings is 1. The summed E-state index contributed by atoms with van der Waals surface area (Å²) in [5.41, 5.74) is 1.66. The van der Waals surface area contributed by atoms with Gasteiger partial charge in [0.2, 0.25) is 0 Å². The van der Waals surface area contributed by atoms with Crippen molar-refractivity contribution < 1.29 is 9.90 Å². The van der Waals surface area contributed by atoms with Crippen LogP contribution >= 0.6 is 11.6 Å². The zero-order valence-corrected chi connectivity index (χ0v) is 12.9. The third-order valence-corrected chi connectivity index (χ3v) is 3.80. The summed E-state index contributed by atoms with van der Waals surface area (Å²) >= 11 is 6.01. The predicted octanol–water partition coefficient (Wildman–Crippen LogP) is 3.37. The van der Waals surface area contributed by atoms with Gasteiger partial charge in [-0.2, -0.15) is 5.10 Å². The highest BCUT2D eigenvalue weighted by molar-refractivity contribution is 6.30. The summed E-state index contributed by atoms with van der Waals surface area (Å²) in [5.74, 6) is -0.584. The Morgan fingerprint density at radius 3 is 2.92 bits per heavy atom. The molecule has 0 saturated heterocycles. The maximum Gasteiger partial charge on any atom is 0.341 e. The molecule has 0 fully saturated rings. The van der Waals surface area contributed by atoms with Gasteiger partial charge in [0, 0.05) is 22.3 Å². The fourth-order valence-electron chi connectivity index (χ4n) is 2.50. The van der Waals surface area contributed by atoms with E-state index in [1.165, 1.54) is 10.7 Å². The van der Waals surface area contributed by atoms with Gasteiger partial charge in [-0.15, -0.1) is 0 Å². The quantitative estimate of drug-likeness (QED) is 0.594. The highest BCUT2D eigenvalue weighted by atomic mass is 35.5. The number of fused-ring (bicyclic) bond motifs is 3. The van der Waals surface area contributed by atoms with E-state index in [1.807, 2.05) is 12.1 Å². The molecule has 0 bridgehead atoms. The standard InChI is InChI=1S/C16H10ClN5O2/c17-9-2-1-3-10(6-9)20-14-11-4-5-18-8-13(11)22-15(21-14)12(7-19-22)16(23)24/h1-8H,(H,20,21)(H,23,24). The van der Waals surface area contributed by atoms with Crippen LogP contribution in [0.4, 0.5) is 11.5 Å². The number of hydrogen-bond donors (Lipinski definition) is 2. The average Bonchev–Trinajstić information content (AvgIpc) is 2.99. The number of carboxylic acids is 1. The lowest BCUT2D eigenvalue weighted by molar-refractivity contribution is 0.0699. The molecule has 4 aromatic rings. The van der Waals surface area contributed by atoms with Crippen LogP contribution in [0.15, 0.2) is 48.9 Å². The Kier molecular flexibility index (Phi) is 3.28. The number of halogens is 1. The van der Waals surface area contributed by atoms with Crippen LogP contribution in [0.2, 0.25) is 5.02 Å². The molecule has 0 aliphatic carbocycles. The van der Waals surface area contributed by atoms with Gasteiger partial charge in [-0.1, -0.05) is 17.7 Å². The number of benzene rings is 1. The molecule has 0 saturated carbocycles. The molecule has 24 heavy (non-hydrogen) atoms. The number of nitrogens with one attached hydrogen (secondary N) is 1. The van der Waals surface area contributed by atoms with Gasteiger partial charge < -0.3 is 10.4 Å². The van der Waals surface area contributed by atoms with Gasteiger partial charge >= 0.3 is 5.97 Å². The van der Waals surface area contributed by atoms with Crippen molar-refractivity contribution in [1.29, 1.82) is 0 Å². The van der Waals surface area contributed by atoms with Crippen molar-refractivity contribution >= 4 is 45.6 Å². The van der Waals surface area contributed by atoms with Crippen molar-refractivity contribution in [2.75, 3.05) is 5.32 Å². The van der Waals surface area contributed by atoms with Crippen molar-refractivity contribution in [3.8, 4) is 0 Å². The Labute approximate surface area is 140 Å². The topological polar surface area (TPSA) is 92.4 Å². The highest BCUT2D eigenvalue weighted by Gasteiger charge is 2.17. The number of carbonyl (C=O) groups is 1. The maximum atomic E-state index is 11.4.